The van der Waals surface area contributed by atoms with E-state index >= 15 is 0 Å². The molecule has 142 valence electrons. The number of aliphatic hydroxyl groups is 1. The summed E-state index contributed by atoms with van der Waals surface area (Å²) in [5.74, 6) is -0.900. The zero-order valence-electron chi connectivity index (χ0n) is 14.1. The van der Waals surface area contributed by atoms with Crippen LogP contribution in [0.25, 0.3) is 0 Å². The number of amides is 1. The standard InChI is InChI=1S/C19H16ClF3N2O2/c20-15-9-7-14(8-10-15)16-12-18(27,19(21,22)23)25(24-16)17(26)11-6-13-4-2-1-3-5-13/h1-5,7-10,27H,6,11-12H2. The van der Waals surface area contributed by atoms with Gasteiger partial charge in [0, 0.05) is 11.4 Å². The van der Waals surface area contributed by atoms with Crippen LogP contribution in [-0.4, -0.2) is 33.6 Å². The minimum atomic E-state index is -5.05. The molecule has 1 amide bonds. The van der Waals surface area contributed by atoms with Gasteiger partial charge in [-0.3, -0.25) is 4.79 Å². The number of alkyl halides is 3. The van der Waals surface area contributed by atoms with Gasteiger partial charge in [-0.15, -0.1) is 0 Å². The predicted octanol–water partition coefficient (Wildman–Crippen LogP) is 4.16. The molecule has 0 radical (unpaired) electrons. The van der Waals surface area contributed by atoms with Crippen LogP contribution in [0.2, 0.25) is 5.02 Å². The monoisotopic (exact) mass is 396 g/mol. The molecular weight excluding hydrogens is 381 g/mol. The van der Waals surface area contributed by atoms with Crippen LogP contribution < -0.4 is 0 Å². The van der Waals surface area contributed by atoms with E-state index in [1.165, 1.54) is 24.3 Å². The van der Waals surface area contributed by atoms with Crippen LogP contribution in [0.15, 0.2) is 59.7 Å². The van der Waals surface area contributed by atoms with Crippen LogP contribution >= 0.6 is 11.6 Å². The van der Waals surface area contributed by atoms with Crippen molar-refractivity contribution in [2.75, 3.05) is 0 Å². The molecule has 1 N–H and O–H groups in total. The number of hydrazone groups is 1. The van der Waals surface area contributed by atoms with Crippen molar-refractivity contribution >= 4 is 23.2 Å². The van der Waals surface area contributed by atoms with Crippen molar-refractivity contribution in [2.45, 2.75) is 31.2 Å². The second kappa shape index (κ2) is 7.32. The molecule has 1 aliphatic heterocycles. The van der Waals surface area contributed by atoms with Gasteiger partial charge in [-0.1, -0.05) is 54.1 Å². The quantitative estimate of drug-likeness (QED) is 0.843. The zero-order chi connectivity index (χ0) is 19.7. The Hall–Kier alpha value is -2.38. The molecule has 27 heavy (non-hydrogen) atoms. The van der Waals surface area contributed by atoms with Crippen LogP contribution in [0.3, 0.4) is 0 Å². The lowest BCUT2D eigenvalue weighted by Gasteiger charge is -2.32. The van der Waals surface area contributed by atoms with E-state index in [-0.39, 0.29) is 23.6 Å². The number of carbonyl (C=O) groups is 1. The number of hydrogen-bond donors (Lipinski definition) is 1. The highest BCUT2D eigenvalue weighted by Gasteiger charge is 2.63. The summed E-state index contributed by atoms with van der Waals surface area (Å²) < 4.78 is 40.6. The van der Waals surface area contributed by atoms with Crippen molar-refractivity contribution in [1.29, 1.82) is 0 Å². The van der Waals surface area contributed by atoms with Crippen molar-refractivity contribution < 1.29 is 23.1 Å². The van der Waals surface area contributed by atoms with Crippen LogP contribution in [0, 0.1) is 0 Å². The fourth-order valence-electron chi connectivity index (χ4n) is 2.83. The maximum absolute atomic E-state index is 13.5. The Bertz CT molecular complexity index is 854. The molecule has 1 aliphatic rings. The van der Waals surface area contributed by atoms with Gasteiger partial charge in [0.05, 0.1) is 12.1 Å². The number of nitrogens with zero attached hydrogens (tertiary/aromatic N) is 2. The average Bonchev–Trinajstić information content (AvgIpc) is 3.00. The molecule has 0 aliphatic carbocycles. The minimum absolute atomic E-state index is 0.0282. The van der Waals surface area contributed by atoms with Crippen molar-refractivity contribution in [3.63, 3.8) is 0 Å². The van der Waals surface area contributed by atoms with Gasteiger partial charge in [-0.25, -0.2) is 0 Å². The molecule has 0 aromatic heterocycles. The summed E-state index contributed by atoms with van der Waals surface area (Å²) >= 11 is 5.79. The number of rotatable bonds is 4. The molecular formula is C19H16ClF3N2O2. The van der Waals surface area contributed by atoms with E-state index in [9.17, 15) is 23.1 Å². The largest absolute Gasteiger partial charge is 0.438 e. The maximum Gasteiger partial charge on any atom is 0.438 e. The van der Waals surface area contributed by atoms with E-state index < -0.39 is 24.2 Å². The Kier molecular flexibility index (Phi) is 5.26. The molecule has 2 aromatic rings. The van der Waals surface area contributed by atoms with E-state index in [4.69, 9.17) is 11.6 Å². The number of carbonyl (C=O) groups excluding carboxylic acids is 1. The highest BCUT2D eigenvalue weighted by Crippen LogP contribution is 2.41. The van der Waals surface area contributed by atoms with Gasteiger partial charge in [0.2, 0.25) is 5.91 Å². The van der Waals surface area contributed by atoms with E-state index in [1.807, 2.05) is 0 Å². The van der Waals surface area contributed by atoms with Gasteiger partial charge in [0.15, 0.2) is 0 Å². The molecule has 0 spiro atoms. The van der Waals surface area contributed by atoms with Crippen LogP contribution in [0.4, 0.5) is 13.2 Å². The molecule has 0 bridgehead atoms. The molecule has 1 heterocycles. The average molecular weight is 397 g/mol. The predicted molar refractivity (Wildman–Crippen MR) is 95.2 cm³/mol. The van der Waals surface area contributed by atoms with Gasteiger partial charge in [0.25, 0.3) is 5.72 Å². The number of aryl methyl sites for hydroxylation is 1. The fraction of sp³-hybridized carbons (Fsp3) is 0.263. The summed E-state index contributed by atoms with van der Waals surface area (Å²) in [6.45, 7) is 0. The Labute approximate surface area is 158 Å². The second-order valence-electron chi connectivity index (χ2n) is 6.24. The Balaban J connectivity index is 1.85. The van der Waals surface area contributed by atoms with E-state index in [0.29, 0.717) is 10.6 Å². The third-order valence-corrected chi connectivity index (χ3v) is 4.58. The lowest BCUT2D eigenvalue weighted by atomic mass is 10.0. The van der Waals surface area contributed by atoms with Crippen molar-refractivity contribution in [2.24, 2.45) is 5.10 Å². The molecule has 1 atom stereocenters. The summed E-state index contributed by atoms with van der Waals surface area (Å²) in [4.78, 5) is 12.4. The van der Waals surface area contributed by atoms with E-state index in [0.717, 1.165) is 5.56 Å². The Morgan fingerprint density at radius 2 is 1.78 bits per heavy atom. The van der Waals surface area contributed by atoms with Crippen molar-refractivity contribution in [1.82, 2.24) is 5.01 Å². The van der Waals surface area contributed by atoms with Crippen molar-refractivity contribution in [3.8, 4) is 0 Å². The SMILES string of the molecule is O=C(CCc1ccccc1)N1N=C(c2ccc(Cl)cc2)CC1(O)C(F)(F)F. The second-order valence-corrected chi connectivity index (χ2v) is 6.67. The molecule has 8 heteroatoms. The highest BCUT2D eigenvalue weighted by molar-refractivity contribution is 6.30. The van der Waals surface area contributed by atoms with Crippen LogP contribution in [0.5, 0.6) is 0 Å². The van der Waals surface area contributed by atoms with E-state index in [1.54, 1.807) is 30.3 Å². The molecule has 1 unspecified atom stereocenters. The molecule has 0 fully saturated rings. The first-order valence-corrected chi connectivity index (χ1v) is 8.58. The topological polar surface area (TPSA) is 52.9 Å². The number of hydrogen-bond acceptors (Lipinski definition) is 3. The first-order valence-electron chi connectivity index (χ1n) is 8.20. The number of halogens is 4. The molecule has 4 nitrogen and oxygen atoms in total. The fourth-order valence-corrected chi connectivity index (χ4v) is 2.96. The lowest BCUT2D eigenvalue weighted by Crippen LogP contribution is -2.56. The first kappa shape index (κ1) is 19.4. The molecule has 3 rings (SSSR count). The Morgan fingerprint density at radius 3 is 2.37 bits per heavy atom. The van der Waals surface area contributed by atoms with Crippen LogP contribution in [-0.2, 0) is 11.2 Å². The summed E-state index contributed by atoms with van der Waals surface area (Å²) in [5.41, 5.74) is -2.22. The summed E-state index contributed by atoms with van der Waals surface area (Å²) in [7, 11) is 0. The smallest absolute Gasteiger partial charge is 0.362 e. The third kappa shape index (κ3) is 3.99. The summed E-state index contributed by atoms with van der Waals surface area (Å²) in [6, 6.07) is 14.9. The Morgan fingerprint density at radius 1 is 1.15 bits per heavy atom. The van der Waals surface area contributed by atoms with Gasteiger partial charge in [-0.2, -0.15) is 23.3 Å². The third-order valence-electron chi connectivity index (χ3n) is 4.32. The first-order chi connectivity index (χ1) is 12.7. The van der Waals surface area contributed by atoms with Gasteiger partial charge in [-0.05, 0) is 29.7 Å². The summed E-state index contributed by atoms with van der Waals surface area (Å²) in [5, 5.41) is 14.7. The molecule has 2 aromatic carbocycles. The lowest BCUT2D eigenvalue weighted by molar-refractivity contribution is -0.302. The minimum Gasteiger partial charge on any atom is -0.362 e. The zero-order valence-corrected chi connectivity index (χ0v) is 14.8. The summed E-state index contributed by atoms with van der Waals surface area (Å²) in [6.07, 6.45) is -5.85. The van der Waals surface area contributed by atoms with Crippen molar-refractivity contribution in [3.05, 3.63) is 70.7 Å². The van der Waals surface area contributed by atoms with Gasteiger partial charge >= 0.3 is 6.18 Å². The molecule has 0 saturated carbocycles. The maximum atomic E-state index is 13.5. The normalized spacial score (nSPS) is 19.9. The van der Waals surface area contributed by atoms with E-state index in [2.05, 4.69) is 5.10 Å². The van der Waals surface area contributed by atoms with Gasteiger partial charge in [0.1, 0.15) is 0 Å². The van der Waals surface area contributed by atoms with Gasteiger partial charge < -0.3 is 5.11 Å². The number of benzene rings is 2. The molecule has 0 saturated heterocycles. The highest BCUT2D eigenvalue weighted by atomic mass is 35.5. The van der Waals surface area contributed by atoms with Crippen LogP contribution in [0.1, 0.15) is 24.0 Å².